The Bertz CT molecular complexity index is 988. The summed E-state index contributed by atoms with van der Waals surface area (Å²) >= 11 is 3.36. The molecular weight excluding hydrogens is 391 g/mol. The molecule has 6 N–H and O–H groups in total. The quantitative estimate of drug-likeness (QED) is 0.422. The zero-order valence-corrected chi connectivity index (χ0v) is 14.1. The molecule has 124 valence electrons. The number of rotatable bonds is 1. The van der Waals surface area contributed by atoms with Gasteiger partial charge in [0.25, 0.3) is 0 Å². The highest BCUT2D eigenvalue weighted by Crippen LogP contribution is 2.42. The van der Waals surface area contributed by atoms with E-state index < -0.39 is 11.9 Å². The first-order chi connectivity index (χ1) is 12.0. The van der Waals surface area contributed by atoms with Crippen molar-refractivity contribution in [2.75, 3.05) is 16.8 Å². The van der Waals surface area contributed by atoms with E-state index in [9.17, 15) is 9.65 Å². The molecule has 10 heteroatoms. The van der Waals surface area contributed by atoms with Crippen molar-refractivity contribution >= 4 is 39.2 Å². The van der Waals surface area contributed by atoms with Gasteiger partial charge in [-0.1, -0.05) is 15.9 Å². The fourth-order valence-electron chi connectivity index (χ4n) is 2.53. The normalized spacial score (nSPS) is 15.2. The molecule has 0 spiro atoms. The van der Waals surface area contributed by atoms with Gasteiger partial charge in [-0.2, -0.15) is 10.5 Å². The molecular formula is C15H10BrFN8. The maximum Gasteiger partial charge on any atom is 0.211 e. The van der Waals surface area contributed by atoms with Gasteiger partial charge in [-0.3, -0.25) is 5.32 Å². The number of nitrogens with two attached hydrogens (primary N) is 2. The number of anilines is 3. The highest BCUT2D eigenvalue weighted by molar-refractivity contribution is 9.10. The molecule has 0 fully saturated rings. The molecule has 1 unspecified atom stereocenters. The van der Waals surface area contributed by atoms with Crippen LogP contribution in [0.15, 0.2) is 27.7 Å². The Morgan fingerprint density at radius 3 is 2.76 bits per heavy atom. The molecule has 2 aromatic rings. The SMILES string of the molecule is N#CNC1=NC(c2cc(F)ccc2Br)c2c(nc(N)c(C#N)c2N)N1. The van der Waals surface area contributed by atoms with E-state index in [-0.39, 0.29) is 28.8 Å². The van der Waals surface area contributed by atoms with Crippen LogP contribution in [0.4, 0.5) is 21.7 Å². The van der Waals surface area contributed by atoms with E-state index in [1.165, 1.54) is 18.2 Å². The van der Waals surface area contributed by atoms with E-state index >= 15 is 0 Å². The van der Waals surface area contributed by atoms with Gasteiger partial charge in [-0.25, -0.2) is 14.4 Å². The van der Waals surface area contributed by atoms with E-state index in [0.29, 0.717) is 15.6 Å². The Morgan fingerprint density at radius 2 is 2.08 bits per heavy atom. The maximum atomic E-state index is 13.8. The molecule has 3 rings (SSSR count). The minimum Gasteiger partial charge on any atom is -0.397 e. The van der Waals surface area contributed by atoms with Crippen LogP contribution in [-0.4, -0.2) is 10.9 Å². The molecule has 0 saturated heterocycles. The minimum absolute atomic E-state index is 0.0185. The van der Waals surface area contributed by atoms with E-state index in [2.05, 4.69) is 36.5 Å². The van der Waals surface area contributed by atoms with Gasteiger partial charge in [0.1, 0.15) is 35.1 Å². The molecule has 1 atom stereocenters. The standard InChI is InChI=1S/C15H10BrFN8/c16-9-2-1-6(17)3-7(9)12-10-11(20)8(4-18)13(21)24-14(10)25-15(23-12)22-5-19/h1-3,12H,(H6,20,21,22,23,24,25). The summed E-state index contributed by atoms with van der Waals surface area (Å²) < 4.78 is 14.3. The van der Waals surface area contributed by atoms with Gasteiger partial charge < -0.3 is 16.8 Å². The molecule has 8 nitrogen and oxygen atoms in total. The van der Waals surface area contributed by atoms with Crippen molar-refractivity contribution in [2.45, 2.75) is 6.04 Å². The van der Waals surface area contributed by atoms with Gasteiger partial charge in [0.2, 0.25) is 5.96 Å². The van der Waals surface area contributed by atoms with Gasteiger partial charge in [0, 0.05) is 10.0 Å². The number of hydrogen-bond acceptors (Lipinski definition) is 8. The van der Waals surface area contributed by atoms with E-state index in [0.717, 1.165) is 0 Å². The van der Waals surface area contributed by atoms with Crippen LogP contribution >= 0.6 is 15.9 Å². The summed E-state index contributed by atoms with van der Waals surface area (Å²) in [5.74, 6) is -0.178. The van der Waals surface area contributed by atoms with Crippen LogP contribution in [0.1, 0.15) is 22.7 Å². The predicted octanol–water partition coefficient (Wildman–Crippen LogP) is 1.96. The average Bonchev–Trinajstić information content (AvgIpc) is 2.57. The van der Waals surface area contributed by atoms with Gasteiger partial charge in [0.15, 0.2) is 6.19 Å². The van der Waals surface area contributed by atoms with Crippen molar-refractivity contribution in [1.29, 1.82) is 10.5 Å². The van der Waals surface area contributed by atoms with Crippen molar-refractivity contribution < 1.29 is 4.39 Å². The van der Waals surface area contributed by atoms with Gasteiger partial charge in [-0.05, 0) is 23.8 Å². The summed E-state index contributed by atoms with van der Waals surface area (Å²) in [6, 6.07) is 5.23. The molecule has 1 aliphatic heterocycles. The smallest absolute Gasteiger partial charge is 0.211 e. The number of nitrogens with one attached hydrogen (secondary N) is 2. The van der Waals surface area contributed by atoms with Crippen molar-refractivity contribution in [2.24, 2.45) is 4.99 Å². The highest BCUT2D eigenvalue weighted by Gasteiger charge is 2.30. The third kappa shape index (κ3) is 2.79. The summed E-state index contributed by atoms with van der Waals surface area (Å²) in [5.41, 5.74) is 12.8. The van der Waals surface area contributed by atoms with Crippen molar-refractivity contribution in [3.8, 4) is 12.3 Å². The van der Waals surface area contributed by atoms with Crippen LogP contribution < -0.4 is 22.1 Å². The number of hydrogen-bond donors (Lipinski definition) is 4. The summed E-state index contributed by atoms with van der Waals surface area (Å²) in [4.78, 5) is 8.49. The Labute approximate surface area is 150 Å². The molecule has 2 heterocycles. The van der Waals surface area contributed by atoms with E-state index in [1.807, 2.05) is 6.07 Å². The summed E-state index contributed by atoms with van der Waals surface area (Å²) in [7, 11) is 0. The number of aliphatic imine (C=N–C) groups is 1. The Morgan fingerprint density at radius 1 is 1.32 bits per heavy atom. The van der Waals surface area contributed by atoms with Crippen LogP contribution in [0.25, 0.3) is 0 Å². The number of nitrogens with zero attached hydrogens (tertiary/aromatic N) is 4. The fourth-order valence-corrected chi connectivity index (χ4v) is 2.99. The molecule has 0 aliphatic carbocycles. The molecule has 0 saturated carbocycles. The average molecular weight is 401 g/mol. The highest BCUT2D eigenvalue weighted by atomic mass is 79.9. The van der Waals surface area contributed by atoms with Crippen molar-refractivity contribution in [3.63, 3.8) is 0 Å². The molecule has 1 aromatic heterocycles. The predicted molar refractivity (Wildman–Crippen MR) is 93.5 cm³/mol. The maximum absolute atomic E-state index is 13.8. The lowest BCUT2D eigenvalue weighted by molar-refractivity contribution is 0.623. The number of nitrogen functional groups attached to an aromatic ring is 2. The second-order valence-electron chi connectivity index (χ2n) is 5.07. The Kier molecular flexibility index (Phi) is 4.13. The molecule has 1 aromatic carbocycles. The van der Waals surface area contributed by atoms with E-state index in [1.54, 1.807) is 6.19 Å². The second-order valence-corrected chi connectivity index (χ2v) is 5.92. The Hall–Kier alpha value is -3.37. The zero-order chi connectivity index (χ0) is 18.1. The summed E-state index contributed by atoms with van der Waals surface area (Å²) in [6.07, 6.45) is 1.75. The van der Waals surface area contributed by atoms with Crippen LogP contribution in [-0.2, 0) is 0 Å². The molecule has 0 radical (unpaired) electrons. The van der Waals surface area contributed by atoms with Gasteiger partial charge in [-0.15, -0.1) is 0 Å². The molecule has 1 aliphatic rings. The van der Waals surface area contributed by atoms with Crippen LogP contribution in [0.3, 0.4) is 0 Å². The van der Waals surface area contributed by atoms with Crippen LogP contribution in [0, 0.1) is 28.6 Å². The lowest BCUT2D eigenvalue weighted by Gasteiger charge is -2.26. The van der Waals surface area contributed by atoms with Crippen molar-refractivity contribution in [1.82, 2.24) is 10.3 Å². The molecule has 0 bridgehead atoms. The first-order valence-electron chi connectivity index (χ1n) is 6.90. The lowest BCUT2D eigenvalue weighted by Crippen LogP contribution is -2.32. The number of halogens is 2. The summed E-state index contributed by atoms with van der Waals surface area (Å²) in [6.45, 7) is 0. The third-order valence-electron chi connectivity index (χ3n) is 3.61. The first-order valence-corrected chi connectivity index (χ1v) is 7.69. The van der Waals surface area contributed by atoms with E-state index in [4.69, 9.17) is 16.7 Å². The van der Waals surface area contributed by atoms with Gasteiger partial charge >= 0.3 is 0 Å². The Balaban J connectivity index is 2.30. The number of guanidine groups is 1. The number of nitriles is 2. The number of benzene rings is 1. The summed E-state index contributed by atoms with van der Waals surface area (Å²) in [5, 5.41) is 23.3. The van der Waals surface area contributed by atoms with Crippen molar-refractivity contribution in [3.05, 3.63) is 45.2 Å². The fraction of sp³-hybridized carbons (Fsp3) is 0.0667. The lowest BCUT2D eigenvalue weighted by atomic mass is 9.95. The van der Waals surface area contributed by atoms with Crippen LogP contribution in [0.2, 0.25) is 0 Å². The molecule has 25 heavy (non-hydrogen) atoms. The largest absolute Gasteiger partial charge is 0.397 e. The van der Waals surface area contributed by atoms with Crippen LogP contribution in [0.5, 0.6) is 0 Å². The molecule has 0 amide bonds. The zero-order valence-electron chi connectivity index (χ0n) is 12.5. The van der Waals surface area contributed by atoms with Gasteiger partial charge in [0.05, 0.1) is 5.69 Å². The number of aromatic nitrogens is 1. The first kappa shape index (κ1) is 16.5. The number of pyridine rings is 1. The minimum atomic E-state index is -0.794. The second kappa shape index (κ2) is 6.26. The topological polar surface area (TPSA) is 149 Å². The number of fused-ring (bicyclic) bond motifs is 1. The monoisotopic (exact) mass is 400 g/mol. The third-order valence-corrected chi connectivity index (χ3v) is 4.33.